The van der Waals surface area contributed by atoms with E-state index in [0.717, 1.165) is 27.9 Å². The van der Waals surface area contributed by atoms with Gasteiger partial charge in [0.2, 0.25) is 5.91 Å². The second-order valence-electron chi connectivity index (χ2n) is 12.5. The molecular weight excluding hydrogens is 581 g/mol. The topological polar surface area (TPSA) is 59.4 Å². The summed E-state index contributed by atoms with van der Waals surface area (Å²) in [6.07, 6.45) is 4.89. The maximum atomic E-state index is 13.7. The Hall–Kier alpha value is -4.27. The Morgan fingerprint density at radius 2 is 1.66 bits per heavy atom. The fraction of sp³-hybridized carbons (Fsp3) is 0.250. The molecule has 1 aliphatic rings. The molecule has 1 amide bonds. The van der Waals surface area contributed by atoms with Gasteiger partial charge in [-0.1, -0.05) is 112 Å². The third kappa shape index (κ3) is 5.67. The number of imidazole rings is 1. The van der Waals surface area contributed by atoms with E-state index in [0.29, 0.717) is 24.4 Å². The molecule has 1 N–H and O–H groups in total. The van der Waals surface area contributed by atoms with Gasteiger partial charge in [-0.15, -0.1) is 0 Å². The molecule has 0 saturated carbocycles. The Morgan fingerprint density at radius 1 is 0.977 bits per heavy atom. The standard InChI is InChI=1S/C36H38N4O2SSi/c1-36(2,3)44(29-13-7-5-8-14-29,30-15-9-6-10-16-30)42-28-19-18-26-12-11-17-33(31(26)23-28)40-21-20-32(35(40)41)38-34(43)22-27-24-39(4)25-37-27/h5-19,23-25,32H,20-22H2,1-4H3,(H,38,43)/t32-/m0/s1. The number of thiocarbonyl (C=S) groups is 1. The normalized spacial score (nSPS) is 15.5. The molecule has 1 aromatic heterocycles. The van der Waals surface area contributed by atoms with E-state index in [1.807, 2.05) is 34.8 Å². The molecule has 6 rings (SSSR count). The molecule has 8 heteroatoms. The molecule has 1 atom stereocenters. The van der Waals surface area contributed by atoms with Gasteiger partial charge in [-0.3, -0.25) is 4.79 Å². The Balaban J connectivity index is 1.33. The first-order chi connectivity index (χ1) is 21.2. The Labute approximate surface area is 265 Å². The molecule has 224 valence electrons. The number of carbonyl (C=O) groups is 1. The van der Waals surface area contributed by atoms with Crippen LogP contribution in [0.4, 0.5) is 5.69 Å². The molecule has 0 aliphatic carbocycles. The number of aryl methyl sites for hydroxylation is 1. The number of fused-ring (bicyclic) bond motifs is 1. The zero-order valence-corrected chi connectivity index (χ0v) is 27.5. The number of aromatic nitrogens is 2. The number of carbonyl (C=O) groups excluding carboxylic acids is 1. The average Bonchev–Trinajstić information content (AvgIpc) is 3.59. The quantitative estimate of drug-likeness (QED) is 0.177. The number of hydrogen-bond donors (Lipinski definition) is 1. The summed E-state index contributed by atoms with van der Waals surface area (Å²) in [7, 11) is -0.880. The van der Waals surface area contributed by atoms with Crippen molar-refractivity contribution in [3.8, 4) is 5.75 Å². The number of rotatable bonds is 8. The monoisotopic (exact) mass is 618 g/mol. The summed E-state index contributed by atoms with van der Waals surface area (Å²) in [5, 5.41) is 7.63. The highest BCUT2D eigenvalue weighted by molar-refractivity contribution is 7.80. The van der Waals surface area contributed by atoms with Crippen molar-refractivity contribution < 1.29 is 9.22 Å². The molecule has 1 fully saturated rings. The smallest absolute Gasteiger partial charge is 0.319 e. The minimum Gasteiger partial charge on any atom is -0.534 e. The van der Waals surface area contributed by atoms with Gasteiger partial charge in [-0.2, -0.15) is 0 Å². The minimum absolute atomic E-state index is 0.0270. The van der Waals surface area contributed by atoms with Crippen molar-refractivity contribution in [1.82, 2.24) is 14.9 Å². The SMILES string of the molecule is Cn1cnc(CC(=S)N[C@H]2CCN(c3cccc4ccc(O[Si](c5ccccc5)(c5ccccc5)C(C)(C)C)cc34)C2=O)c1. The van der Waals surface area contributed by atoms with Gasteiger partial charge < -0.3 is 19.2 Å². The van der Waals surface area contributed by atoms with Crippen molar-refractivity contribution in [3.63, 3.8) is 0 Å². The predicted molar refractivity (Wildman–Crippen MR) is 186 cm³/mol. The van der Waals surface area contributed by atoms with E-state index in [1.165, 1.54) is 10.4 Å². The van der Waals surface area contributed by atoms with Gasteiger partial charge in [0.15, 0.2) is 0 Å². The Morgan fingerprint density at radius 3 is 2.27 bits per heavy atom. The molecule has 5 aromatic rings. The Kier molecular flexibility index (Phi) is 8.13. The van der Waals surface area contributed by atoms with Gasteiger partial charge in [0.25, 0.3) is 0 Å². The molecule has 2 heterocycles. The van der Waals surface area contributed by atoms with Crippen molar-refractivity contribution in [2.24, 2.45) is 7.05 Å². The van der Waals surface area contributed by atoms with Crippen LogP contribution in [0.25, 0.3) is 10.8 Å². The van der Waals surface area contributed by atoms with Gasteiger partial charge >= 0.3 is 8.32 Å². The molecular formula is C36H38N4O2SSi. The molecule has 0 spiro atoms. The van der Waals surface area contributed by atoms with E-state index in [4.69, 9.17) is 16.6 Å². The van der Waals surface area contributed by atoms with Crippen LogP contribution in [-0.2, 0) is 18.3 Å². The number of nitrogens with zero attached hydrogens (tertiary/aromatic N) is 3. The number of anilines is 1. The molecule has 6 nitrogen and oxygen atoms in total. The van der Waals surface area contributed by atoms with Crippen LogP contribution < -0.4 is 25.0 Å². The lowest BCUT2D eigenvalue weighted by atomic mass is 10.1. The van der Waals surface area contributed by atoms with Crippen LogP contribution in [0, 0.1) is 0 Å². The minimum atomic E-state index is -2.81. The van der Waals surface area contributed by atoms with E-state index in [-0.39, 0.29) is 17.0 Å². The predicted octanol–water partition coefficient (Wildman–Crippen LogP) is 5.78. The summed E-state index contributed by atoms with van der Waals surface area (Å²) in [5.41, 5.74) is 1.77. The number of hydrogen-bond acceptors (Lipinski definition) is 4. The molecule has 44 heavy (non-hydrogen) atoms. The Bertz CT molecular complexity index is 1760. The van der Waals surface area contributed by atoms with Crippen LogP contribution in [0.5, 0.6) is 5.75 Å². The van der Waals surface area contributed by atoms with E-state index in [2.05, 4.69) is 116 Å². The number of amides is 1. The number of nitrogens with one attached hydrogen (secondary N) is 1. The van der Waals surface area contributed by atoms with Crippen molar-refractivity contribution in [2.75, 3.05) is 11.4 Å². The molecule has 1 saturated heterocycles. The lowest BCUT2D eigenvalue weighted by molar-refractivity contribution is -0.118. The van der Waals surface area contributed by atoms with Crippen LogP contribution in [-0.4, -0.2) is 41.4 Å². The summed E-state index contributed by atoms with van der Waals surface area (Å²) in [5.74, 6) is 0.830. The highest BCUT2D eigenvalue weighted by Gasteiger charge is 2.52. The maximum Gasteiger partial charge on any atom is 0.319 e. The first-order valence-electron chi connectivity index (χ1n) is 15.1. The first kappa shape index (κ1) is 29.8. The van der Waals surface area contributed by atoms with Gasteiger partial charge in [0.1, 0.15) is 11.8 Å². The van der Waals surface area contributed by atoms with E-state index in [1.54, 1.807) is 6.33 Å². The average molecular weight is 619 g/mol. The molecule has 0 unspecified atom stereocenters. The van der Waals surface area contributed by atoms with Crippen LogP contribution in [0.1, 0.15) is 32.9 Å². The highest BCUT2D eigenvalue weighted by Crippen LogP contribution is 2.39. The van der Waals surface area contributed by atoms with Crippen molar-refractivity contribution in [1.29, 1.82) is 0 Å². The fourth-order valence-corrected chi connectivity index (χ4v) is 11.1. The second-order valence-corrected chi connectivity index (χ2v) is 17.2. The van der Waals surface area contributed by atoms with Crippen LogP contribution in [0.2, 0.25) is 5.04 Å². The lowest BCUT2D eigenvalue weighted by Gasteiger charge is -2.43. The fourth-order valence-electron chi connectivity index (χ4n) is 6.38. The molecule has 4 aromatic carbocycles. The van der Waals surface area contributed by atoms with Crippen molar-refractivity contribution in [3.05, 3.63) is 115 Å². The van der Waals surface area contributed by atoms with Gasteiger partial charge in [-0.25, -0.2) is 4.98 Å². The van der Waals surface area contributed by atoms with Crippen LogP contribution in [0.3, 0.4) is 0 Å². The first-order valence-corrected chi connectivity index (χ1v) is 17.4. The van der Waals surface area contributed by atoms with Crippen molar-refractivity contribution >= 4 is 58.3 Å². The zero-order chi connectivity index (χ0) is 30.9. The van der Waals surface area contributed by atoms with Gasteiger partial charge in [0, 0.05) is 31.6 Å². The maximum absolute atomic E-state index is 13.7. The van der Waals surface area contributed by atoms with Gasteiger partial charge in [-0.05, 0) is 45.4 Å². The van der Waals surface area contributed by atoms with Crippen LogP contribution in [0.15, 0.2) is 110 Å². The summed E-state index contributed by atoms with van der Waals surface area (Å²) < 4.78 is 9.22. The third-order valence-corrected chi connectivity index (χ3v) is 13.7. The molecule has 0 bridgehead atoms. The van der Waals surface area contributed by atoms with E-state index in [9.17, 15) is 4.79 Å². The third-order valence-electron chi connectivity index (χ3n) is 8.45. The molecule has 1 aliphatic heterocycles. The second kappa shape index (κ2) is 12.0. The van der Waals surface area contributed by atoms with E-state index >= 15 is 0 Å². The summed E-state index contributed by atoms with van der Waals surface area (Å²) in [4.78, 5) is 20.6. The lowest BCUT2D eigenvalue weighted by Crippen LogP contribution is -2.68. The number of benzene rings is 4. The zero-order valence-electron chi connectivity index (χ0n) is 25.7. The largest absolute Gasteiger partial charge is 0.534 e. The van der Waals surface area contributed by atoms with Crippen molar-refractivity contribution in [2.45, 2.75) is 44.7 Å². The summed E-state index contributed by atoms with van der Waals surface area (Å²) in [6, 6.07) is 33.3. The summed E-state index contributed by atoms with van der Waals surface area (Å²) >= 11 is 5.60. The highest BCUT2D eigenvalue weighted by atomic mass is 32.1. The van der Waals surface area contributed by atoms with Gasteiger partial charge in [0.05, 0.1) is 22.7 Å². The van der Waals surface area contributed by atoms with Crippen LogP contribution >= 0.6 is 12.2 Å². The molecule has 0 radical (unpaired) electrons. The van der Waals surface area contributed by atoms with E-state index < -0.39 is 8.32 Å². The summed E-state index contributed by atoms with van der Waals surface area (Å²) in [6.45, 7) is 7.45.